The fraction of sp³-hybridized carbons (Fsp3) is 0.278. The number of sulfonamides is 1. The van der Waals surface area contributed by atoms with E-state index in [9.17, 15) is 13.2 Å². The number of hydrogen-bond donors (Lipinski definition) is 1. The third-order valence-electron chi connectivity index (χ3n) is 3.73. The van der Waals surface area contributed by atoms with E-state index in [0.29, 0.717) is 11.4 Å². The predicted molar refractivity (Wildman–Crippen MR) is 98.2 cm³/mol. The maximum Gasteiger partial charge on any atom is 0.241 e. The van der Waals surface area contributed by atoms with Crippen molar-refractivity contribution < 1.29 is 17.9 Å². The molecule has 0 radical (unpaired) electrons. The Morgan fingerprint density at radius 1 is 1.12 bits per heavy atom. The van der Waals surface area contributed by atoms with Crippen molar-refractivity contribution in [3.63, 3.8) is 0 Å². The first-order valence-electron chi connectivity index (χ1n) is 7.77. The zero-order valence-corrected chi connectivity index (χ0v) is 15.3. The molecule has 0 unspecified atom stereocenters. The molecule has 1 atom stereocenters. The SMILES string of the molecule is COc1ccc(N(CC(=O)N[C@H](C)c2ccccc2)S(C)(=O)=O)cc1. The minimum absolute atomic E-state index is 0.217. The molecule has 0 fully saturated rings. The van der Waals surface area contributed by atoms with Gasteiger partial charge in [-0.3, -0.25) is 9.10 Å². The van der Waals surface area contributed by atoms with Crippen molar-refractivity contribution >= 4 is 21.6 Å². The Hall–Kier alpha value is -2.54. The summed E-state index contributed by atoms with van der Waals surface area (Å²) >= 11 is 0. The van der Waals surface area contributed by atoms with Gasteiger partial charge in [0.05, 0.1) is 25.1 Å². The lowest BCUT2D eigenvalue weighted by Crippen LogP contribution is -2.41. The maximum absolute atomic E-state index is 12.3. The van der Waals surface area contributed by atoms with E-state index in [1.54, 1.807) is 24.3 Å². The van der Waals surface area contributed by atoms with E-state index in [-0.39, 0.29) is 18.5 Å². The number of nitrogens with one attached hydrogen (secondary N) is 1. The summed E-state index contributed by atoms with van der Waals surface area (Å²) in [4.78, 5) is 12.3. The molecule has 0 aromatic heterocycles. The molecule has 0 aliphatic rings. The predicted octanol–water partition coefficient (Wildman–Crippen LogP) is 2.34. The second-order valence-electron chi connectivity index (χ2n) is 5.67. The number of methoxy groups -OCH3 is 1. The topological polar surface area (TPSA) is 75.7 Å². The van der Waals surface area contributed by atoms with Crippen molar-refractivity contribution in [3.8, 4) is 5.75 Å². The molecule has 134 valence electrons. The molecule has 0 heterocycles. The average Bonchev–Trinajstić information content (AvgIpc) is 2.59. The number of benzene rings is 2. The van der Waals surface area contributed by atoms with Gasteiger partial charge in [-0.15, -0.1) is 0 Å². The van der Waals surface area contributed by atoms with Crippen LogP contribution in [0.1, 0.15) is 18.5 Å². The average molecular weight is 362 g/mol. The van der Waals surface area contributed by atoms with Crippen molar-refractivity contribution in [2.75, 3.05) is 24.2 Å². The summed E-state index contributed by atoms with van der Waals surface area (Å²) in [6.45, 7) is 1.56. The summed E-state index contributed by atoms with van der Waals surface area (Å²) in [5.41, 5.74) is 1.36. The van der Waals surface area contributed by atoms with Crippen LogP contribution < -0.4 is 14.4 Å². The zero-order chi connectivity index (χ0) is 18.4. The molecule has 0 saturated carbocycles. The van der Waals surface area contributed by atoms with Crippen LogP contribution >= 0.6 is 0 Å². The molecule has 0 spiro atoms. The van der Waals surface area contributed by atoms with Gasteiger partial charge < -0.3 is 10.1 Å². The molecular weight excluding hydrogens is 340 g/mol. The number of ether oxygens (including phenoxy) is 1. The zero-order valence-electron chi connectivity index (χ0n) is 14.5. The van der Waals surface area contributed by atoms with Crippen molar-refractivity contribution in [3.05, 3.63) is 60.2 Å². The Kier molecular flexibility index (Phi) is 6.03. The van der Waals surface area contributed by atoms with Gasteiger partial charge in [0.2, 0.25) is 15.9 Å². The van der Waals surface area contributed by atoms with E-state index in [2.05, 4.69) is 5.32 Å². The lowest BCUT2D eigenvalue weighted by atomic mass is 10.1. The molecule has 1 amide bonds. The molecule has 7 heteroatoms. The Morgan fingerprint density at radius 2 is 1.72 bits per heavy atom. The summed E-state index contributed by atoms with van der Waals surface area (Å²) in [5, 5.41) is 2.82. The van der Waals surface area contributed by atoms with Gasteiger partial charge in [0.1, 0.15) is 12.3 Å². The van der Waals surface area contributed by atoms with Gasteiger partial charge in [-0.2, -0.15) is 0 Å². The van der Waals surface area contributed by atoms with Gasteiger partial charge in [-0.1, -0.05) is 30.3 Å². The highest BCUT2D eigenvalue weighted by Crippen LogP contribution is 2.21. The number of carbonyl (C=O) groups is 1. The highest BCUT2D eigenvalue weighted by atomic mass is 32.2. The summed E-state index contributed by atoms with van der Waals surface area (Å²) in [6, 6.07) is 15.8. The van der Waals surface area contributed by atoms with Gasteiger partial charge in [0, 0.05) is 0 Å². The quantitative estimate of drug-likeness (QED) is 0.820. The first-order chi connectivity index (χ1) is 11.8. The normalized spacial score (nSPS) is 12.3. The summed E-state index contributed by atoms with van der Waals surface area (Å²) in [7, 11) is -2.07. The van der Waals surface area contributed by atoms with E-state index in [1.165, 1.54) is 7.11 Å². The van der Waals surface area contributed by atoms with Crippen molar-refractivity contribution in [1.82, 2.24) is 5.32 Å². The molecule has 0 saturated heterocycles. The molecule has 0 aliphatic heterocycles. The molecule has 0 bridgehead atoms. The van der Waals surface area contributed by atoms with E-state index in [0.717, 1.165) is 16.1 Å². The Bertz CT molecular complexity index is 805. The molecule has 1 N–H and O–H groups in total. The van der Waals surface area contributed by atoms with Gasteiger partial charge in [0.15, 0.2) is 0 Å². The lowest BCUT2D eigenvalue weighted by Gasteiger charge is -2.23. The van der Waals surface area contributed by atoms with Crippen LogP contribution in [-0.2, 0) is 14.8 Å². The first-order valence-corrected chi connectivity index (χ1v) is 9.62. The fourth-order valence-corrected chi connectivity index (χ4v) is 3.25. The summed E-state index contributed by atoms with van der Waals surface area (Å²) in [5.74, 6) is 0.233. The molecule has 2 aromatic rings. The largest absolute Gasteiger partial charge is 0.497 e. The lowest BCUT2D eigenvalue weighted by molar-refractivity contribution is -0.120. The minimum Gasteiger partial charge on any atom is -0.497 e. The smallest absolute Gasteiger partial charge is 0.241 e. The van der Waals surface area contributed by atoms with Crippen molar-refractivity contribution in [2.24, 2.45) is 0 Å². The van der Waals surface area contributed by atoms with Crippen LogP contribution in [-0.4, -0.2) is 34.2 Å². The summed E-state index contributed by atoms with van der Waals surface area (Å²) in [6.07, 6.45) is 1.07. The fourth-order valence-electron chi connectivity index (χ4n) is 2.39. The van der Waals surface area contributed by atoms with Crippen molar-refractivity contribution in [1.29, 1.82) is 0 Å². The number of anilines is 1. The molecular formula is C18H22N2O4S. The molecule has 6 nitrogen and oxygen atoms in total. The van der Waals surface area contributed by atoms with Crippen LogP contribution in [0.4, 0.5) is 5.69 Å². The Labute approximate surface area is 148 Å². The second kappa shape index (κ2) is 8.02. The number of amides is 1. The van der Waals surface area contributed by atoms with E-state index in [4.69, 9.17) is 4.74 Å². The number of hydrogen-bond acceptors (Lipinski definition) is 4. The van der Waals surface area contributed by atoms with Crippen LogP contribution in [0.25, 0.3) is 0 Å². The van der Waals surface area contributed by atoms with Crippen molar-refractivity contribution in [2.45, 2.75) is 13.0 Å². The molecule has 2 rings (SSSR count). The third-order valence-corrected chi connectivity index (χ3v) is 4.87. The van der Waals surface area contributed by atoms with Crippen LogP contribution in [0, 0.1) is 0 Å². The molecule has 2 aromatic carbocycles. The van der Waals surface area contributed by atoms with Crippen LogP contribution in [0.2, 0.25) is 0 Å². The van der Waals surface area contributed by atoms with Crippen LogP contribution in [0.15, 0.2) is 54.6 Å². The number of nitrogens with zero attached hydrogens (tertiary/aromatic N) is 1. The van der Waals surface area contributed by atoms with E-state index < -0.39 is 10.0 Å². The van der Waals surface area contributed by atoms with Gasteiger partial charge in [-0.05, 0) is 36.8 Å². The molecule has 25 heavy (non-hydrogen) atoms. The second-order valence-corrected chi connectivity index (χ2v) is 7.57. The Balaban J connectivity index is 2.12. The van der Waals surface area contributed by atoms with E-state index >= 15 is 0 Å². The molecule has 0 aliphatic carbocycles. The highest BCUT2D eigenvalue weighted by Gasteiger charge is 2.21. The standard InChI is InChI=1S/C18H22N2O4S/c1-14(15-7-5-4-6-8-15)19-18(21)13-20(25(3,22)23)16-9-11-17(24-2)12-10-16/h4-12,14H,13H2,1-3H3,(H,19,21)/t14-/m1/s1. The van der Waals surface area contributed by atoms with Crippen LogP contribution in [0.5, 0.6) is 5.75 Å². The maximum atomic E-state index is 12.3. The van der Waals surface area contributed by atoms with Crippen LogP contribution in [0.3, 0.4) is 0 Å². The highest BCUT2D eigenvalue weighted by molar-refractivity contribution is 7.92. The number of carbonyl (C=O) groups excluding carboxylic acids is 1. The minimum atomic E-state index is -3.60. The first kappa shape index (κ1) is 18.8. The monoisotopic (exact) mass is 362 g/mol. The summed E-state index contributed by atoms with van der Waals surface area (Å²) < 4.78 is 30.3. The van der Waals surface area contributed by atoms with Gasteiger partial charge in [0.25, 0.3) is 0 Å². The Morgan fingerprint density at radius 3 is 2.24 bits per heavy atom. The van der Waals surface area contributed by atoms with Gasteiger partial charge in [-0.25, -0.2) is 8.42 Å². The third kappa shape index (κ3) is 5.22. The number of rotatable bonds is 7. The van der Waals surface area contributed by atoms with Gasteiger partial charge >= 0.3 is 0 Å². The van der Waals surface area contributed by atoms with E-state index in [1.807, 2.05) is 37.3 Å².